The molecule has 4 heterocycles. The van der Waals surface area contributed by atoms with Gasteiger partial charge in [-0.3, -0.25) is 9.89 Å². The zero-order valence-electron chi connectivity index (χ0n) is 16.7. The number of pyridine rings is 1. The number of aromatic amines is 1. The highest BCUT2D eigenvalue weighted by molar-refractivity contribution is 5.97. The fraction of sp³-hybridized carbons (Fsp3) is 0.286. The maximum atomic E-state index is 13.6. The highest BCUT2D eigenvalue weighted by Crippen LogP contribution is 2.32. The Labute approximate surface area is 175 Å². The van der Waals surface area contributed by atoms with Gasteiger partial charge in [0.1, 0.15) is 6.33 Å². The summed E-state index contributed by atoms with van der Waals surface area (Å²) in [6.45, 7) is 1.28. The number of rotatable bonds is 4. The van der Waals surface area contributed by atoms with E-state index in [-0.39, 0.29) is 12.5 Å². The molecule has 0 spiro atoms. The van der Waals surface area contributed by atoms with Crippen molar-refractivity contribution in [2.24, 2.45) is 5.92 Å². The molecule has 10 heteroatoms. The van der Waals surface area contributed by atoms with Crippen LogP contribution in [0.1, 0.15) is 23.7 Å². The lowest BCUT2D eigenvalue weighted by atomic mass is 10.0. The van der Waals surface area contributed by atoms with Crippen molar-refractivity contribution >= 4 is 16.9 Å². The highest BCUT2D eigenvalue weighted by Gasteiger charge is 2.40. The van der Waals surface area contributed by atoms with Crippen LogP contribution in [0, 0.1) is 5.92 Å². The number of aromatic nitrogens is 6. The Morgan fingerprint density at radius 2 is 2.00 bits per heavy atom. The molecule has 1 aliphatic rings. The fourth-order valence-corrected chi connectivity index (χ4v) is 3.87. The number of amides is 1. The Morgan fingerprint density at radius 1 is 1.19 bits per heavy atom. The SMILES string of the molecule is CC(F)(F)[C@@H]1CCN(C(=O)c2cnc3c(cnn3-c3ccc(-c4ncn[nH]4)cc3)c2)C1. The second kappa shape index (κ2) is 7.22. The third kappa shape index (κ3) is 3.54. The van der Waals surface area contributed by atoms with Crippen LogP contribution >= 0.6 is 0 Å². The van der Waals surface area contributed by atoms with Crippen LogP contribution in [0.5, 0.6) is 0 Å². The van der Waals surface area contributed by atoms with Crippen LogP contribution in [0.15, 0.2) is 49.1 Å². The number of alkyl halides is 2. The number of hydrogen-bond acceptors (Lipinski definition) is 5. The summed E-state index contributed by atoms with van der Waals surface area (Å²) in [5.74, 6) is -3.22. The third-order valence-electron chi connectivity index (χ3n) is 5.65. The van der Waals surface area contributed by atoms with Crippen LogP contribution in [0.3, 0.4) is 0 Å². The van der Waals surface area contributed by atoms with Gasteiger partial charge in [-0.25, -0.2) is 23.4 Å². The van der Waals surface area contributed by atoms with Crippen molar-refractivity contribution in [2.75, 3.05) is 13.1 Å². The minimum Gasteiger partial charge on any atom is -0.338 e. The quantitative estimate of drug-likeness (QED) is 0.544. The van der Waals surface area contributed by atoms with Crippen LogP contribution in [0.4, 0.5) is 8.78 Å². The van der Waals surface area contributed by atoms with E-state index in [0.29, 0.717) is 35.4 Å². The summed E-state index contributed by atoms with van der Waals surface area (Å²) in [4.78, 5) is 22.8. The molecule has 1 fully saturated rings. The van der Waals surface area contributed by atoms with E-state index in [9.17, 15) is 13.6 Å². The number of fused-ring (bicyclic) bond motifs is 1. The van der Waals surface area contributed by atoms with E-state index in [4.69, 9.17) is 0 Å². The van der Waals surface area contributed by atoms with Crippen LogP contribution in [0.2, 0.25) is 0 Å². The Kier molecular flexibility index (Phi) is 4.49. The number of carbonyl (C=O) groups is 1. The average molecular weight is 423 g/mol. The topological polar surface area (TPSA) is 92.6 Å². The van der Waals surface area contributed by atoms with E-state index in [1.165, 1.54) is 17.4 Å². The van der Waals surface area contributed by atoms with Gasteiger partial charge in [0, 0.05) is 36.2 Å². The highest BCUT2D eigenvalue weighted by atomic mass is 19.3. The molecule has 31 heavy (non-hydrogen) atoms. The molecule has 158 valence electrons. The number of benzene rings is 1. The summed E-state index contributed by atoms with van der Waals surface area (Å²) in [5.41, 5.74) is 2.66. The van der Waals surface area contributed by atoms with Crippen molar-refractivity contribution in [3.8, 4) is 17.1 Å². The molecule has 5 rings (SSSR count). The van der Waals surface area contributed by atoms with Crippen molar-refractivity contribution in [3.63, 3.8) is 0 Å². The molecule has 4 aromatic rings. The van der Waals surface area contributed by atoms with Crippen molar-refractivity contribution in [2.45, 2.75) is 19.3 Å². The van der Waals surface area contributed by atoms with Gasteiger partial charge in [-0.1, -0.05) is 0 Å². The molecular weight excluding hydrogens is 404 g/mol. The van der Waals surface area contributed by atoms with Crippen molar-refractivity contribution in [1.29, 1.82) is 0 Å². The van der Waals surface area contributed by atoms with Gasteiger partial charge in [0.25, 0.3) is 5.91 Å². The fourth-order valence-electron chi connectivity index (χ4n) is 3.87. The van der Waals surface area contributed by atoms with Crippen molar-refractivity contribution in [3.05, 3.63) is 54.6 Å². The molecule has 1 atom stereocenters. The van der Waals surface area contributed by atoms with Gasteiger partial charge in [0.15, 0.2) is 11.5 Å². The smallest absolute Gasteiger partial charge is 0.255 e. The second-order valence-corrected chi connectivity index (χ2v) is 7.77. The average Bonchev–Trinajstić information content (AvgIpc) is 3.53. The standard InChI is InChI=1S/C21H19F2N7O/c1-21(22,23)16-6-7-29(11-16)20(31)15-8-14-10-27-30(19(14)24-9-15)17-4-2-13(3-5-17)18-25-12-26-28-18/h2-5,8-10,12,16H,6-7,11H2,1H3,(H,25,26,28)/t16-/m1/s1. The number of halogens is 2. The number of hydrogen-bond donors (Lipinski definition) is 1. The number of carbonyl (C=O) groups excluding carboxylic acids is 1. The first-order chi connectivity index (χ1) is 14.9. The van der Waals surface area contributed by atoms with E-state index in [1.807, 2.05) is 24.3 Å². The maximum absolute atomic E-state index is 13.6. The van der Waals surface area contributed by atoms with Crippen LogP contribution in [0.25, 0.3) is 28.1 Å². The Balaban J connectivity index is 1.38. The number of nitrogens with zero attached hydrogens (tertiary/aromatic N) is 6. The van der Waals surface area contributed by atoms with Gasteiger partial charge in [0.05, 0.1) is 17.4 Å². The van der Waals surface area contributed by atoms with Crippen LogP contribution in [-0.4, -0.2) is 59.8 Å². The van der Waals surface area contributed by atoms with Crippen LogP contribution < -0.4 is 0 Å². The van der Waals surface area contributed by atoms with Crippen molar-refractivity contribution in [1.82, 2.24) is 34.8 Å². The van der Waals surface area contributed by atoms with Gasteiger partial charge in [-0.05, 0) is 43.7 Å². The molecule has 1 saturated heterocycles. The molecule has 1 aliphatic heterocycles. The Bertz CT molecular complexity index is 1230. The van der Waals surface area contributed by atoms with E-state index in [0.717, 1.165) is 18.2 Å². The first-order valence-corrected chi connectivity index (χ1v) is 9.87. The molecular formula is C21H19F2N7O. The van der Waals surface area contributed by atoms with E-state index in [2.05, 4.69) is 25.3 Å². The summed E-state index contributed by atoms with van der Waals surface area (Å²) in [6, 6.07) is 9.28. The maximum Gasteiger partial charge on any atom is 0.255 e. The Hall–Kier alpha value is -3.69. The summed E-state index contributed by atoms with van der Waals surface area (Å²) in [5, 5.41) is 11.8. The molecule has 3 aromatic heterocycles. The number of H-pyrrole nitrogens is 1. The molecule has 0 unspecified atom stereocenters. The Morgan fingerprint density at radius 3 is 2.68 bits per heavy atom. The normalized spacial score (nSPS) is 16.9. The third-order valence-corrected chi connectivity index (χ3v) is 5.65. The van der Waals surface area contributed by atoms with Gasteiger partial charge in [0.2, 0.25) is 5.92 Å². The van der Waals surface area contributed by atoms with Gasteiger partial charge < -0.3 is 4.90 Å². The summed E-state index contributed by atoms with van der Waals surface area (Å²) in [7, 11) is 0. The molecule has 0 radical (unpaired) electrons. The van der Waals surface area contributed by atoms with E-state index < -0.39 is 11.8 Å². The summed E-state index contributed by atoms with van der Waals surface area (Å²) >= 11 is 0. The van der Waals surface area contributed by atoms with Gasteiger partial charge in [-0.2, -0.15) is 10.2 Å². The predicted molar refractivity (Wildman–Crippen MR) is 109 cm³/mol. The zero-order valence-corrected chi connectivity index (χ0v) is 16.7. The predicted octanol–water partition coefficient (Wildman–Crippen LogP) is 3.32. The largest absolute Gasteiger partial charge is 0.338 e. The summed E-state index contributed by atoms with van der Waals surface area (Å²) in [6.07, 6.45) is 4.86. The number of nitrogens with one attached hydrogen (secondary N) is 1. The monoisotopic (exact) mass is 423 g/mol. The molecule has 1 amide bonds. The van der Waals surface area contributed by atoms with Crippen LogP contribution in [-0.2, 0) is 0 Å². The lowest BCUT2D eigenvalue weighted by Crippen LogP contribution is -2.32. The molecule has 1 aromatic carbocycles. The van der Waals surface area contributed by atoms with E-state index >= 15 is 0 Å². The molecule has 0 saturated carbocycles. The molecule has 8 nitrogen and oxygen atoms in total. The minimum absolute atomic E-state index is 0.0527. The molecule has 0 aliphatic carbocycles. The molecule has 0 bridgehead atoms. The van der Waals surface area contributed by atoms with E-state index in [1.54, 1.807) is 16.9 Å². The van der Waals surface area contributed by atoms with Gasteiger partial charge >= 0.3 is 0 Å². The lowest BCUT2D eigenvalue weighted by molar-refractivity contribution is -0.0343. The zero-order chi connectivity index (χ0) is 21.6. The lowest BCUT2D eigenvalue weighted by Gasteiger charge is -2.20. The number of likely N-dealkylation sites (tertiary alicyclic amines) is 1. The first-order valence-electron chi connectivity index (χ1n) is 9.87. The van der Waals surface area contributed by atoms with Gasteiger partial charge in [-0.15, -0.1) is 0 Å². The minimum atomic E-state index is -2.79. The van der Waals surface area contributed by atoms with Crippen molar-refractivity contribution < 1.29 is 13.6 Å². The molecule has 1 N–H and O–H groups in total. The first kappa shape index (κ1) is 19.3. The second-order valence-electron chi connectivity index (χ2n) is 7.77. The summed E-state index contributed by atoms with van der Waals surface area (Å²) < 4.78 is 28.8.